The number of carboxylic acid groups (broad SMARTS) is 1. The molecule has 0 aliphatic carbocycles. The molecule has 1 N–H and O–H groups in total. The van der Waals surface area contributed by atoms with Crippen LogP contribution in [-0.4, -0.2) is 24.8 Å². The maximum absolute atomic E-state index is 12.7. The van der Waals surface area contributed by atoms with E-state index < -0.39 is 5.97 Å². The minimum atomic E-state index is -0.934. The molecule has 0 unspecified atom stereocenters. The number of fused-ring (bicyclic) bond motifs is 1. The highest BCUT2D eigenvalue weighted by Crippen LogP contribution is 2.24. The molecule has 0 radical (unpaired) electrons. The van der Waals surface area contributed by atoms with Gasteiger partial charge >= 0.3 is 5.97 Å². The lowest BCUT2D eigenvalue weighted by Crippen LogP contribution is -2.06. The van der Waals surface area contributed by atoms with Crippen molar-refractivity contribution in [1.29, 1.82) is 0 Å². The number of methoxy groups -OCH3 is 1. The molecule has 6 heteroatoms. The average Bonchev–Trinajstić information content (AvgIpc) is 2.62. The van der Waals surface area contributed by atoms with E-state index in [2.05, 4.69) is 0 Å². The normalized spacial score (nSPS) is 10.6. The van der Waals surface area contributed by atoms with Crippen molar-refractivity contribution in [2.45, 2.75) is 6.42 Å². The number of carboxylic acids is 1. The fourth-order valence-electron chi connectivity index (χ4n) is 2.42. The van der Waals surface area contributed by atoms with Crippen molar-refractivity contribution in [1.82, 2.24) is 0 Å². The first-order chi connectivity index (χ1) is 12.1. The highest BCUT2D eigenvalue weighted by molar-refractivity contribution is 5.82. The van der Waals surface area contributed by atoms with Crippen LogP contribution in [0.4, 0.5) is 0 Å². The standard InChI is InChI=1S/C19H16O6/c1-23-13-4-2-12(3-5-13)16-11-25-17-10-14(24-9-8-18(20)21)6-7-15(17)19(16)22/h2-7,10-11H,8-9H2,1H3,(H,20,21). The maximum atomic E-state index is 12.7. The third-order valence-electron chi connectivity index (χ3n) is 3.73. The molecule has 0 saturated carbocycles. The van der Waals surface area contributed by atoms with E-state index in [0.29, 0.717) is 28.0 Å². The summed E-state index contributed by atoms with van der Waals surface area (Å²) in [6.45, 7) is 0.0506. The number of benzene rings is 2. The lowest BCUT2D eigenvalue weighted by molar-refractivity contribution is -0.137. The van der Waals surface area contributed by atoms with E-state index in [0.717, 1.165) is 5.56 Å². The molecule has 0 aliphatic rings. The molecule has 0 atom stereocenters. The highest BCUT2D eigenvalue weighted by Gasteiger charge is 2.10. The fraction of sp³-hybridized carbons (Fsp3) is 0.158. The molecule has 6 nitrogen and oxygen atoms in total. The molecular weight excluding hydrogens is 324 g/mol. The van der Waals surface area contributed by atoms with Crippen LogP contribution in [0.25, 0.3) is 22.1 Å². The first-order valence-electron chi connectivity index (χ1n) is 7.63. The quantitative estimate of drug-likeness (QED) is 0.741. The zero-order chi connectivity index (χ0) is 17.8. The monoisotopic (exact) mass is 340 g/mol. The van der Waals surface area contributed by atoms with Crippen molar-refractivity contribution in [3.05, 3.63) is 59.0 Å². The van der Waals surface area contributed by atoms with Crippen LogP contribution in [0.5, 0.6) is 11.5 Å². The number of aliphatic carboxylic acids is 1. The van der Waals surface area contributed by atoms with Crippen LogP contribution in [0.2, 0.25) is 0 Å². The van der Waals surface area contributed by atoms with Gasteiger partial charge in [-0.15, -0.1) is 0 Å². The SMILES string of the molecule is COc1ccc(-c2coc3cc(OCCC(=O)O)ccc3c2=O)cc1. The summed E-state index contributed by atoms with van der Waals surface area (Å²) in [6.07, 6.45) is 1.31. The van der Waals surface area contributed by atoms with Gasteiger partial charge in [-0.05, 0) is 29.8 Å². The van der Waals surface area contributed by atoms with E-state index in [1.54, 1.807) is 49.6 Å². The van der Waals surface area contributed by atoms with Gasteiger partial charge in [-0.25, -0.2) is 0 Å². The maximum Gasteiger partial charge on any atom is 0.306 e. The summed E-state index contributed by atoms with van der Waals surface area (Å²) in [7, 11) is 1.58. The second-order valence-corrected chi connectivity index (χ2v) is 5.36. The van der Waals surface area contributed by atoms with Crippen molar-refractivity contribution in [3.8, 4) is 22.6 Å². The summed E-state index contributed by atoms with van der Waals surface area (Å²) in [5, 5.41) is 9.05. The van der Waals surface area contributed by atoms with E-state index >= 15 is 0 Å². The third kappa shape index (κ3) is 3.63. The Hall–Kier alpha value is -3.28. The molecule has 3 rings (SSSR count). The van der Waals surface area contributed by atoms with Crippen LogP contribution < -0.4 is 14.9 Å². The number of hydrogen-bond donors (Lipinski definition) is 1. The van der Waals surface area contributed by atoms with Crippen molar-refractivity contribution >= 4 is 16.9 Å². The summed E-state index contributed by atoms with van der Waals surface area (Å²) in [5.41, 5.74) is 1.42. The molecule has 0 saturated heterocycles. The van der Waals surface area contributed by atoms with Crippen LogP contribution in [0.3, 0.4) is 0 Å². The van der Waals surface area contributed by atoms with Crippen LogP contribution in [0.15, 0.2) is 57.9 Å². The van der Waals surface area contributed by atoms with Gasteiger partial charge in [0.2, 0.25) is 0 Å². The van der Waals surface area contributed by atoms with Crippen LogP contribution in [-0.2, 0) is 4.79 Å². The minimum absolute atomic E-state index is 0.0506. The number of hydrogen-bond acceptors (Lipinski definition) is 5. The molecule has 25 heavy (non-hydrogen) atoms. The Morgan fingerprint density at radius 2 is 1.84 bits per heavy atom. The lowest BCUT2D eigenvalue weighted by atomic mass is 10.1. The molecule has 0 spiro atoms. The van der Waals surface area contributed by atoms with Gasteiger partial charge in [-0.2, -0.15) is 0 Å². The van der Waals surface area contributed by atoms with E-state index in [4.69, 9.17) is 19.0 Å². The zero-order valence-corrected chi connectivity index (χ0v) is 13.5. The Kier molecular flexibility index (Phi) is 4.70. The molecular formula is C19H16O6. The molecule has 1 heterocycles. The average molecular weight is 340 g/mol. The van der Waals surface area contributed by atoms with Gasteiger partial charge < -0.3 is 19.0 Å². The Morgan fingerprint density at radius 3 is 2.52 bits per heavy atom. The zero-order valence-electron chi connectivity index (χ0n) is 13.5. The molecule has 0 amide bonds. The molecule has 128 valence electrons. The number of rotatable bonds is 6. The Balaban J connectivity index is 1.91. The Morgan fingerprint density at radius 1 is 1.12 bits per heavy atom. The summed E-state index contributed by atoms with van der Waals surface area (Å²) < 4.78 is 16.0. The predicted molar refractivity (Wildman–Crippen MR) is 92.2 cm³/mol. The summed E-state index contributed by atoms with van der Waals surface area (Å²) >= 11 is 0. The third-order valence-corrected chi connectivity index (χ3v) is 3.73. The van der Waals surface area contributed by atoms with E-state index in [1.807, 2.05) is 0 Å². The van der Waals surface area contributed by atoms with Crippen LogP contribution in [0, 0.1) is 0 Å². The second-order valence-electron chi connectivity index (χ2n) is 5.36. The van der Waals surface area contributed by atoms with Crippen LogP contribution in [0.1, 0.15) is 6.42 Å². The lowest BCUT2D eigenvalue weighted by Gasteiger charge is -2.07. The van der Waals surface area contributed by atoms with E-state index in [9.17, 15) is 9.59 Å². The van der Waals surface area contributed by atoms with Crippen LogP contribution >= 0.6 is 0 Å². The Labute approximate surface area is 143 Å². The largest absolute Gasteiger partial charge is 0.497 e. The molecule has 2 aromatic carbocycles. The summed E-state index contributed by atoms with van der Waals surface area (Å²) in [5.74, 6) is 0.225. The fourth-order valence-corrected chi connectivity index (χ4v) is 2.42. The number of ether oxygens (including phenoxy) is 2. The predicted octanol–water partition coefficient (Wildman–Crippen LogP) is 3.32. The van der Waals surface area contributed by atoms with Crippen molar-refractivity contribution < 1.29 is 23.8 Å². The number of carbonyl (C=O) groups is 1. The molecule has 1 aromatic heterocycles. The Bertz CT molecular complexity index is 956. The van der Waals surface area contributed by atoms with Gasteiger partial charge in [0.05, 0.1) is 31.1 Å². The van der Waals surface area contributed by atoms with E-state index in [1.165, 1.54) is 6.26 Å². The summed E-state index contributed by atoms with van der Waals surface area (Å²) in [4.78, 5) is 23.2. The van der Waals surface area contributed by atoms with Gasteiger partial charge in [0.1, 0.15) is 23.3 Å². The first-order valence-corrected chi connectivity index (χ1v) is 7.63. The van der Waals surface area contributed by atoms with Gasteiger partial charge in [0, 0.05) is 6.07 Å². The highest BCUT2D eigenvalue weighted by atomic mass is 16.5. The van der Waals surface area contributed by atoms with Crippen molar-refractivity contribution in [2.24, 2.45) is 0 Å². The van der Waals surface area contributed by atoms with Crippen molar-refractivity contribution in [3.63, 3.8) is 0 Å². The van der Waals surface area contributed by atoms with Gasteiger partial charge in [0.15, 0.2) is 5.43 Å². The molecule has 0 fully saturated rings. The smallest absolute Gasteiger partial charge is 0.306 e. The minimum Gasteiger partial charge on any atom is -0.497 e. The van der Waals surface area contributed by atoms with Gasteiger partial charge in [-0.3, -0.25) is 9.59 Å². The molecule has 0 aliphatic heterocycles. The van der Waals surface area contributed by atoms with Gasteiger partial charge in [0.25, 0.3) is 0 Å². The summed E-state index contributed by atoms with van der Waals surface area (Å²) in [6, 6.07) is 12.0. The molecule has 0 bridgehead atoms. The van der Waals surface area contributed by atoms with E-state index in [-0.39, 0.29) is 18.5 Å². The van der Waals surface area contributed by atoms with Crippen molar-refractivity contribution in [2.75, 3.05) is 13.7 Å². The topological polar surface area (TPSA) is 86.0 Å². The first kappa shape index (κ1) is 16.6. The second kappa shape index (κ2) is 7.09. The molecule has 3 aromatic rings. The van der Waals surface area contributed by atoms with Gasteiger partial charge in [-0.1, -0.05) is 12.1 Å².